The Balaban J connectivity index is 2.02. The van der Waals surface area contributed by atoms with Crippen molar-refractivity contribution in [2.75, 3.05) is 32.9 Å². The van der Waals surface area contributed by atoms with E-state index in [1.165, 1.54) is 5.56 Å². The van der Waals surface area contributed by atoms with Crippen LogP contribution >= 0.6 is 23.4 Å². The minimum Gasteiger partial charge on any atom is -0.348 e. The molecule has 122 valence electrons. The van der Waals surface area contributed by atoms with Gasteiger partial charge in [-0.15, -0.1) is 11.8 Å². The number of hydrogen-bond donors (Lipinski definition) is 1. The molecule has 0 radical (unpaired) electrons. The first kappa shape index (κ1) is 17.6. The summed E-state index contributed by atoms with van der Waals surface area (Å²) in [6.45, 7) is 4.31. The minimum absolute atomic E-state index is 0.184. The Bertz CT molecular complexity index is 492. The van der Waals surface area contributed by atoms with Gasteiger partial charge in [0.2, 0.25) is 5.91 Å². The van der Waals surface area contributed by atoms with Crippen LogP contribution in [-0.2, 0) is 4.79 Å². The summed E-state index contributed by atoms with van der Waals surface area (Å²) in [5.41, 5.74) is 1.36. The number of halogens is 1. The fraction of sp³-hybridized carbons (Fsp3) is 0.588. The van der Waals surface area contributed by atoms with Crippen molar-refractivity contribution in [3.63, 3.8) is 0 Å². The number of hydrogen-bond acceptors (Lipinski definition) is 3. The molecule has 2 rings (SSSR count). The molecule has 1 aromatic carbocycles. The summed E-state index contributed by atoms with van der Waals surface area (Å²) in [6, 6.07) is 8.24. The summed E-state index contributed by atoms with van der Waals surface area (Å²) in [5.74, 6) is 1.81. The van der Waals surface area contributed by atoms with Crippen LogP contribution in [0.15, 0.2) is 24.3 Å². The van der Waals surface area contributed by atoms with E-state index in [1.54, 1.807) is 16.7 Å². The molecule has 1 amide bonds. The third kappa shape index (κ3) is 4.64. The predicted molar refractivity (Wildman–Crippen MR) is 95.8 cm³/mol. The van der Waals surface area contributed by atoms with Crippen LogP contribution in [0, 0.1) is 5.92 Å². The fourth-order valence-corrected chi connectivity index (χ4v) is 4.28. The number of carbonyl (C=O) groups excluding carboxylic acids is 1. The van der Waals surface area contributed by atoms with Crippen LogP contribution in [0.3, 0.4) is 0 Å². The molecule has 3 atom stereocenters. The molecule has 0 bridgehead atoms. The Kier molecular flexibility index (Phi) is 6.60. The minimum atomic E-state index is 0.184. The van der Waals surface area contributed by atoms with Crippen molar-refractivity contribution in [3.8, 4) is 0 Å². The highest BCUT2D eigenvalue weighted by Crippen LogP contribution is 2.37. The van der Waals surface area contributed by atoms with Gasteiger partial charge in [0, 0.05) is 24.4 Å². The first-order valence-electron chi connectivity index (χ1n) is 7.77. The second-order valence-electron chi connectivity index (χ2n) is 6.12. The van der Waals surface area contributed by atoms with Crippen molar-refractivity contribution in [1.82, 2.24) is 10.2 Å². The van der Waals surface area contributed by atoms with Crippen LogP contribution < -0.4 is 5.32 Å². The van der Waals surface area contributed by atoms with E-state index < -0.39 is 0 Å². The molecular formula is C17H25ClN2OS. The van der Waals surface area contributed by atoms with E-state index in [2.05, 4.69) is 24.4 Å². The predicted octanol–water partition coefficient (Wildman–Crippen LogP) is 3.24. The Labute approximate surface area is 142 Å². The maximum absolute atomic E-state index is 11.8. The molecule has 1 N–H and O–H groups in total. The van der Waals surface area contributed by atoms with Gasteiger partial charge in [0.05, 0.1) is 5.75 Å². The van der Waals surface area contributed by atoms with Gasteiger partial charge in [-0.2, -0.15) is 0 Å². The maximum atomic E-state index is 11.8. The monoisotopic (exact) mass is 340 g/mol. The van der Waals surface area contributed by atoms with Crippen molar-refractivity contribution in [3.05, 3.63) is 34.9 Å². The number of piperidine rings is 1. The molecule has 1 saturated heterocycles. The molecule has 1 aliphatic heterocycles. The molecule has 5 heteroatoms. The van der Waals surface area contributed by atoms with E-state index in [4.69, 9.17) is 11.6 Å². The highest BCUT2D eigenvalue weighted by Gasteiger charge is 2.31. The van der Waals surface area contributed by atoms with E-state index in [-0.39, 0.29) is 5.91 Å². The van der Waals surface area contributed by atoms with Crippen LogP contribution in [0.4, 0.5) is 0 Å². The summed E-state index contributed by atoms with van der Waals surface area (Å²) in [5, 5.41) is 4.73. The van der Waals surface area contributed by atoms with E-state index in [9.17, 15) is 4.79 Å². The molecule has 3 nitrogen and oxygen atoms in total. The summed E-state index contributed by atoms with van der Waals surface area (Å²) in [6.07, 6.45) is 1.14. The largest absolute Gasteiger partial charge is 0.348 e. The van der Waals surface area contributed by atoms with Gasteiger partial charge in [0.25, 0.3) is 0 Å². The zero-order valence-corrected chi connectivity index (χ0v) is 15.1. The van der Waals surface area contributed by atoms with Gasteiger partial charge < -0.3 is 10.2 Å². The quantitative estimate of drug-likeness (QED) is 0.893. The van der Waals surface area contributed by atoms with Crippen LogP contribution in [0.1, 0.15) is 24.8 Å². The lowest BCUT2D eigenvalue weighted by molar-refractivity contribution is -0.125. The third-order valence-electron chi connectivity index (χ3n) is 4.40. The number of carbonyl (C=O) groups is 1. The first-order chi connectivity index (χ1) is 10.5. The van der Waals surface area contributed by atoms with Gasteiger partial charge in [-0.05, 0) is 49.0 Å². The Morgan fingerprint density at radius 2 is 2.09 bits per heavy atom. The third-order valence-corrected chi connectivity index (χ3v) is 5.94. The average molecular weight is 341 g/mol. The van der Waals surface area contributed by atoms with Gasteiger partial charge in [0.1, 0.15) is 0 Å². The molecular weight excluding hydrogens is 316 g/mol. The molecule has 1 unspecified atom stereocenters. The lowest BCUT2D eigenvalue weighted by Crippen LogP contribution is -2.40. The van der Waals surface area contributed by atoms with Crippen LogP contribution in [0.2, 0.25) is 5.02 Å². The topological polar surface area (TPSA) is 32.3 Å². The maximum Gasteiger partial charge on any atom is 0.232 e. The normalized spacial score (nSPS) is 23.1. The smallest absolute Gasteiger partial charge is 0.232 e. The first-order valence-corrected chi connectivity index (χ1v) is 9.19. The molecule has 0 saturated carbocycles. The van der Waals surface area contributed by atoms with Gasteiger partial charge in [-0.25, -0.2) is 0 Å². The zero-order valence-electron chi connectivity index (χ0n) is 13.5. The summed E-state index contributed by atoms with van der Waals surface area (Å²) in [7, 11) is 3.62. The van der Waals surface area contributed by atoms with Crippen LogP contribution in [0.5, 0.6) is 0 Å². The molecule has 0 aliphatic carbocycles. The summed E-state index contributed by atoms with van der Waals surface area (Å²) >= 11 is 7.77. The SMILES string of the molecule is CC(SCC(=O)N(C)C)[C@H]1CNCC[C@@H]1c1ccc(Cl)cc1. The van der Waals surface area contributed by atoms with Crippen molar-refractivity contribution in [2.24, 2.45) is 5.92 Å². The van der Waals surface area contributed by atoms with Crippen LogP contribution in [-0.4, -0.2) is 49.0 Å². The number of nitrogens with one attached hydrogen (secondary N) is 1. The lowest BCUT2D eigenvalue weighted by Gasteiger charge is -2.36. The zero-order chi connectivity index (χ0) is 16.1. The summed E-state index contributed by atoms with van der Waals surface area (Å²) < 4.78 is 0. The van der Waals surface area contributed by atoms with Crippen molar-refractivity contribution < 1.29 is 4.79 Å². The molecule has 22 heavy (non-hydrogen) atoms. The molecule has 0 spiro atoms. The van der Waals surface area contributed by atoms with Gasteiger partial charge in [0.15, 0.2) is 0 Å². The number of thioether (sulfide) groups is 1. The van der Waals surface area contributed by atoms with Crippen molar-refractivity contribution >= 4 is 29.3 Å². The fourth-order valence-electron chi connectivity index (χ4n) is 2.96. The molecule has 1 heterocycles. The van der Waals surface area contributed by atoms with Gasteiger partial charge in [-0.1, -0.05) is 30.7 Å². The van der Waals surface area contributed by atoms with E-state index in [0.717, 1.165) is 24.5 Å². The van der Waals surface area contributed by atoms with Gasteiger partial charge >= 0.3 is 0 Å². The summed E-state index contributed by atoms with van der Waals surface area (Å²) in [4.78, 5) is 13.5. The molecule has 0 aromatic heterocycles. The van der Waals surface area contributed by atoms with Gasteiger partial charge in [-0.3, -0.25) is 4.79 Å². The standard InChI is InChI=1S/C17H25ClN2OS/c1-12(22-11-17(21)20(2)3)16-10-19-9-8-15(16)13-4-6-14(18)7-5-13/h4-7,12,15-16,19H,8-11H2,1-3H3/t12?,15-,16-/m1/s1. The molecule has 1 aromatic rings. The average Bonchev–Trinajstić information content (AvgIpc) is 2.53. The Morgan fingerprint density at radius 3 is 2.73 bits per heavy atom. The van der Waals surface area contributed by atoms with E-state index in [1.807, 2.05) is 26.2 Å². The number of nitrogens with zero attached hydrogens (tertiary/aromatic N) is 1. The Hall–Kier alpha value is -0.710. The molecule has 1 fully saturated rings. The lowest BCUT2D eigenvalue weighted by atomic mass is 9.79. The van der Waals surface area contributed by atoms with Crippen LogP contribution in [0.25, 0.3) is 0 Å². The van der Waals surface area contributed by atoms with Crippen molar-refractivity contribution in [1.29, 1.82) is 0 Å². The van der Waals surface area contributed by atoms with E-state index >= 15 is 0 Å². The Morgan fingerprint density at radius 1 is 1.41 bits per heavy atom. The highest BCUT2D eigenvalue weighted by molar-refractivity contribution is 8.00. The second-order valence-corrected chi connectivity index (χ2v) is 7.92. The number of benzene rings is 1. The number of amides is 1. The van der Waals surface area contributed by atoms with Crippen molar-refractivity contribution in [2.45, 2.75) is 24.5 Å². The highest BCUT2D eigenvalue weighted by atomic mass is 35.5. The second kappa shape index (κ2) is 8.23. The van der Waals surface area contributed by atoms with E-state index in [0.29, 0.717) is 22.8 Å². The molecule has 1 aliphatic rings. The number of rotatable bonds is 5.